The highest BCUT2D eigenvalue weighted by molar-refractivity contribution is 7.99. The van der Waals surface area contributed by atoms with E-state index in [0.717, 1.165) is 0 Å². The number of rotatable bonds is 4. The van der Waals surface area contributed by atoms with Crippen LogP contribution in [0.15, 0.2) is 32.5 Å². The summed E-state index contributed by atoms with van der Waals surface area (Å²) in [5.74, 6) is 1.73. The van der Waals surface area contributed by atoms with Gasteiger partial charge >= 0.3 is 0 Å². The Morgan fingerprint density at radius 1 is 1.42 bits per heavy atom. The van der Waals surface area contributed by atoms with Crippen molar-refractivity contribution in [2.75, 3.05) is 5.73 Å². The van der Waals surface area contributed by atoms with Crippen molar-refractivity contribution in [3.8, 4) is 11.6 Å². The number of hydrogen-bond donors (Lipinski definition) is 2. The summed E-state index contributed by atoms with van der Waals surface area (Å²) < 4.78 is 10.4. The van der Waals surface area contributed by atoms with E-state index in [2.05, 4.69) is 25.3 Å². The van der Waals surface area contributed by atoms with Crippen molar-refractivity contribution in [3.63, 3.8) is 0 Å². The van der Waals surface area contributed by atoms with Gasteiger partial charge in [-0.25, -0.2) is 5.10 Å². The molecule has 0 aliphatic heterocycles. The molecule has 0 amide bonds. The summed E-state index contributed by atoms with van der Waals surface area (Å²) in [7, 11) is 0. The van der Waals surface area contributed by atoms with Gasteiger partial charge in [-0.1, -0.05) is 16.9 Å². The molecule has 1 atom stereocenters. The van der Waals surface area contributed by atoms with Crippen molar-refractivity contribution in [2.24, 2.45) is 0 Å². The van der Waals surface area contributed by atoms with Gasteiger partial charge < -0.3 is 14.7 Å². The number of anilines is 1. The lowest BCUT2D eigenvalue weighted by Crippen LogP contribution is -1.90. The number of nitrogens with zero attached hydrogens (tertiary/aromatic N) is 4. The molecule has 0 saturated heterocycles. The van der Waals surface area contributed by atoms with Crippen LogP contribution >= 0.6 is 11.8 Å². The van der Waals surface area contributed by atoms with Gasteiger partial charge in [-0.2, -0.15) is 9.97 Å². The summed E-state index contributed by atoms with van der Waals surface area (Å²) >= 11 is 1.37. The molecule has 0 fully saturated rings. The molecular formula is C10H10N6O2S. The molecule has 0 aromatic carbocycles. The summed E-state index contributed by atoms with van der Waals surface area (Å²) in [6, 6.07) is 3.53. The Morgan fingerprint density at radius 2 is 2.32 bits per heavy atom. The first-order chi connectivity index (χ1) is 9.22. The van der Waals surface area contributed by atoms with Crippen LogP contribution in [0.25, 0.3) is 11.6 Å². The largest absolute Gasteiger partial charge is 0.461 e. The molecule has 3 rings (SSSR count). The fourth-order valence-electron chi connectivity index (χ4n) is 1.43. The van der Waals surface area contributed by atoms with Crippen LogP contribution in [-0.2, 0) is 0 Å². The van der Waals surface area contributed by atoms with Crippen molar-refractivity contribution in [3.05, 3.63) is 24.3 Å². The van der Waals surface area contributed by atoms with E-state index >= 15 is 0 Å². The first kappa shape index (κ1) is 11.8. The van der Waals surface area contributed by atoms with Crippen LogP contribution in [0.3, 0.4) is 0 Å². The quantitative estimate of drug-likeness (QED) is 0.694. The smallest absolute Gasteiger partial charge is 0.240 e. The van der Waals surface area contributed by atoms with Gasteiger partial charge in [0.15, 0.2) is 5.76 Å². The number of thioether (sulfide) groups is 1. The molecular weight excluding hydrogens is 268 g/mol. The topological polar surface area (TPSA) is 120 Å². The molecule has 8 nitrogen and oxygen atoms in total. The molecule has 0 aliphatic carbocycles. The van der Waals surface area contributed by atoms with E-state index in [1.165, 1.54) is 11.8 Å². The normalized spacial score (nSPS) is 12.7. The third-order valence-corrected chi connectivity index (χ3v) is 3.24. The molecule has 98 valence electrons. The zero-order valence-electron chi connectivity index (χ0n) is 9.90. The lowest BCUT2D eigenvalue weighted by Gasteiger charge is -2.00. The highest BCUT2D eigenvalue weighted by Gasteiger charge is 2.19. The van der Waals surface area contributed by atoms with Gasteiger partial charge in [-0.15, -0.1) is 5.10 Å². The molecule has 0 bridgehead atoms. The summed E-state index contributed by atoms with van der Waals surface area (Å²) in [5, 5.41) is 10.8. The lowest BCUT2D eigenvalue weighted by molar-refractivity contribution is 0.379. The average Bonchev–Trinajstić information content (AvgIpc) is 3.08. The number of nitrogen functional groups attached to an aromatic ring is 1. The number of aromatic amines is 1. The Morgan fingerprint density at radius 3 is 3.00 bits per heavy atom. The van der Waals surface area contributed by atoms with Crippen LogP contribution in [0.1, 0.15) is 18.1 Å². The Bertz CT molecular complexity index is 661. The van der Waals surface area contributed by atoms with Crippen LogP contribution in [-0.4, -0.2) is 25.3 Å². The maximum atomic E-state index is 5.45. The molecule has 0 saturated carbocycles. The second-order valence-electron chi connectivity index (χ2n) is 3.70. The third kappa shape index (κ3) is 2.45. The summed E-state index contributed by atoms with van der Waals surface area (Å²) in [5.41, 5.74) is 5.45. The van der Waals surface area contributed by atoms with Crippen molar-refractivity contribution >= 4 is 17.7 Å². The van der Waals surface area contributed by atoms with Crippen LogP contribution in [0.5, 0.6) is 0 Å². The van der Waals surface area contributed by atoms with E-state index < -0.39 is 0 Å². The second kappa shape index (κ2) is 4.76. The Balaban J connectivity index is 1.75. The molecule has 3 heterocycles. The highest BCUT2D eigenvalue weighted by atomic mass is 32.2. The molecule has 0 spiro atoms. The zero-order valence-corrected chi connectivity index (χ0v) is 10.7. The molecule has 3 N–H and O–H groups in total. The number of nitrogens with one attached hydrogen (secondary N) is 1. The monoisotopic (exact) mass is 278 g/mol. The van der Waals surface area contributed by atoms with E-state index in [9.17, 15) is 0 Å². The SMILES string of the molecule is CC(Sc1n[nH]c(N)n1)c1nc(-c2ccco2)no1. The number of aromatic nitrogens is 5. The van der Waals surface area contributed by atoms with Gasteiger partial charge in [0.25, 0.3) is 0 Å². The number of H-pyrrole nitrogens is 1. The van der Waals surface area contributed by atoms with E-state index in [0.29, 0.717) is 22.6 Å². The first-order valence-corrected chi connectivity index (χ1v) is 6.32. The maximum Gasteiger partial charge on any atom is 0.240 e. The van der Waals surface area contributed by atoms with Gasteiger partial charge in [0.2, 0.25) is 22.8 Å². The fraction of sp³-hybridized carbons (Fsp3) is 0.200. The maximum absolute atomic E-state index is 5.45. The first-order valence-electron chi connectivity index (χ1n) is 5.44. The number of nitrogens with two attached hydrogens (primary N) is 1. The van der Waals surface area contributed by atoms with Gasteiger partial charge in [0, 0.05) is 0 Å². The third-order valence-electron chi connectivity index (χ3n) is 2.30. The minimum absolute atomic E-state index is 0.0913. The molecule has 19 heavy (non-hydrogen) atoms. The summed E-state index contributed by atoms with van der Waals surface area (Å²) in [4.78, 5) is 8.26. The highest BCUT2D eigenvalue weighted by Crippen LogP contribution is 2.32. The second-order valence-corrected chi connectivity index (χ2v) is 5.00. The molecule has 3 aromatic heterocycles. The molecule has 3 aromatic rings. The number of hydrogen-bond acceptors (Lipinski definition) is 8. The van der Waals surface area contributed by atoms with Crippen LogP contribution in [0.2, 0.25) is 0 Å². The summed E-state index contributed by atoms with van der Waals surface area (Å²) in [6.07, 6.45) is 1.56. The van der Waals surface area contributed by atoms with E-state index in [1.54, 1.807) is 18.4 Å². The molecule has 0 aliphatic rings. The number of furan rings is 1. The minimum atomic E-state index is -0.0913. The van der Waals surface area contributed by atoms with Gasteiger partial charge in [-0.05, 0) is 19.1 Å². The van der Waals surface area contributed by atoms with Crippen molar-refractivity contribution < 1.29 is 8.94 Å². The predicted octanol–water partition coefficient (Wildman–Crippen LogP) is 1.88. The zero-order chi connectivity index (χ0) is 13.2. The van der Waals surface area contributed by atoms with Crippen molar-refractivity contribution in [1.29, 1.82) is 0 Å². The fourth-order valence-corrected chi connectivity index (χ4v) is 2.19. The van der Waals surface area contributed by atoms with Crippen LogP contribution in [0, 0.1) is 0 Å². The standard InChI is InChI=1S/C10H10N6O2S/c1-5(19-10-13-9(11)14-15-10)8-12-7(16-18-8)6-3-2-4-17-6/h2-5H,1H3,(H3,11,13,14,15). The van der Waals surface area contributed by atoms with Crippen molar-refractivity contribution in [2.45, 2.75) is 17.3 Å². The van der Waals surface area contributed by atoms with Gasteiger partial charge in [-0.3, -0.25) is 0 Å². The average molecular weight is 278 g/mol. The van der Waals surface area contributed by atoms with E-state index in [-0.39, 0.29) is 11.2 Å². The van der Waals surface area contributed by atoms with Crippen LogP contribution in [0.4, 0.5) is 5.95 Å². The Kier molecular flexibility index (Phi) is 2.95. The van der Waals surface area contributed by atoms with E-state index in [4.69, 9.17) is 14.7 Å². The Hall–Kier alpha value is -2.29. The Labute approximate surface area is 111 Å². The van der Waals surface area contributed by atoms with Crippen molar-refractivity contribution in [1.82, 2.24) is 25.3 Å². The summed E-state index contributed by atoms with van der Waals surface area (Å²) in [6.45, 7) is 1.91. The predicted molar refractivity (Wildman–Crippen MR) is 67.1 cm³/mol. The molecule has 1 unspecified atom stereocenters. The molecule has 9 heteroatoms. The van der Waals surface area contributed by atoms with Crippen LogP contribution < -0.4 is 5.73 Å². The lowest BCUT2D eigenvalue weighted by atomic mass is 10.4. The minimum Gasteiger partial charge on any atom is -0.461 e. The van der Waals surface area contributed by atoms with Gasteiger partial charge in [0.1, 0.15) is 0 Å². The van der Waals surface area contributed by atoms with E-state index in [1.807, 2.05) is 6.92 Å². The molecule has 0 radical (unpaired) electrons. The van der Waals surface area contributed by atoms with Gasteiger partial charge in [0.05, 0.1) is 11.5 Å².